The number of rotatable bonds is 24. The minimum absolute atomic E-state index is 0.827. The van der Waals surface area contributed by atoms with Crippen molar-refractivity contribution < 1.29 is 9.47 Å². The lowest BCUT2D eigenvalue weighted by Crippen LogP contribution is -2.46. The molecule has 2 aliphatic heterocycles. The smallest absolute Gasteiger partial charge is 0.119 e. The maximum Gasteiger partial charge on any atom is 0.119 e. The first kappa shape index (κ1) is 33.5. The summed E-state index contributed by atoms with van der Waals surface area (Å²) in [4.78, 5) is 5.00. The second-order valence-corrected chi connectivity index (χ2v) is 13.2. The van der Waals surface area contributed by atoms with Crippen molar-refractivity contribution in [3.05, 3.63) is 47.5 Å². The van der Waals surface area contributed by atoms with Gasteiger partial charge in [0.05, 0.1) is 19.9 Å². The van der Waals surface area contributed by atoms with Gasteiger partial charge in [0.2, 0.25) is 0 Å². The minimum Gasteiger partial charge on any atom is -0.494 e. The van der Waals surface area contributed by atoms with Crippen molar-refractivity contribution in [1.82, 2.24) is 0 Å². The van der Waals surface area contributed by atoms with Crippen molar-refractivity contribution in [2.75, 3.05) is 29.7 Å². The molecule has 2 aromatic carbocycles. The highest BCUT2D eigenvalue weighted by Gasteiger charge is 2.29. The average Bonchev–Trinajstić information content (AvgIpc) is 3.02. The first-order valence-electron chi connectivity index (χ1n) is 18.3. The quantitative estimate of drug-likeness (QED) is 0.114. The van der Waals surface area contributed by atoms with Gasteiger partial charge in [0.25, 0.3) is 0 Å². The van der Waals surface area contributed by atoms with Crippen LogP contribution in [-0.4, -0.2) is 19.9 Å². The third-order valence-corrected chi connectivity index (χ3v) is 9.38. The van der Waals surface area contributed by atoms with E-state index in [-0.39, 0.29) is 0 Å². The first-order chi connectivity index (χ1) is 21.3. The largest absolute Gasteiger partial charge is 0.494 e. The molecule has 4 heteroatoms. The van der Waals surface area contributed by atoms with Crippen LogP contribution in [0.3, 0.4) is 0 Å². The van der Waals surface area contributed by atoms with Gasteiger partial charge in [-0.2, -0.15) is 0 Å². The summed E-state index contributed by atoms with van der Waals surface area (Å²) in [5.41, 5.74) is 5.45. The molecule has 2 aliphatic rings. The molecule has 2 aromatic rings. The highest BCUT2D eigenvalue weighted by Crippen LogP contribution is 2.40. The fourth-order valence-corrected chi connectivity index (χ4v) is 6.77. The zero-order valence-electron chi connectivity index (χ0n) is 27.9. The Labute approximate surface area is 264 Å². The summed E-state index contributed by atoms with van der Waals surface area (Å²) in [7, 11) is 0. The first-order valence-corrected chi connectivity index (χ1v) is 18.3. The SMILES string of the molecule is CCCCCCCCCCCCOc1ccc2c(c1)CN1CN2Cc2cc(OCCCCCCCCCCCC)ccc21. The summed E-state index contributed by atoms with van der Waals surface area (Å²) >= 11 is 0. The van der Waals surface area contributed by atoms with Crippen LogP contribution in [0, 0.1) is 0 Å². The number of fused-ring (bicyclic) bond motifs is 6. The van der Waals surface area contributed by atoms with Crippen molar-refractivity contribution in [2.45, 2.75) is 155 Å². The number of benzene rings is 2. The molecule has 4 rings (SSSR count). The molecule has 0 aliphatic carbocycles. The van der Waals surface area contributed by atoms with Crippen LogP contribution < -0.4 is 19.3 Å². The van der Waals surface area contributed by atoms with Crippen LogP contribution in [0.2, 0.25) is 0 Å². The number of unbranched alkanes of at least 4 members (excludes halogenated alkanes) is 18. The molecule has 0 saturated heterocycles. The Morgan fingerprint density at radius 1 is 0.465 bits per heavy atom. The minimum atomic E-state index is 0.827. The highest BCUT2D eigenvalue weighted by atomic mass is 16.5. The summed E-state index contributed by atoms with van der Waals surface area (Å²) in [6.07, 6.45) is 27.1. The zero-order valence-corrected chi connectivity index (χ0v) is 27.9. The Morgan fingerprint density at radius 2 is 0.814 bits per heavy atom. The predicted octanol–water partition coefficient (Wildman–Crippen LogP) is 11.6. The molecular weight excluding hydrogens is 528 g/mol. The van der Waals surface area contributed by atoms with Gasteiger partial charge in [-0.25, -0.2) is 0 Å². The molecule has 2 heterocycles. The second kappa shape index (κ2) is 19.8. The Bertz CT molecular complexity index is 956. The van der Waals surface area contributed by atoms with Crippen LogP contribution in [0.15, 0.2) is 36.4 Å². The van der Waals surface area contributed by atoms with Crippen LogP contribution in [-0.2, 0) is 13.1 Å². The Hall–Kier alpha value is -2.36. The number of nitrogens with zero attached hydrogens (tertiary/aromatic N) is 2. The molecule has 0 amide bonds. The fourth-order valence-electron chi connectivity index (χ4n) is 6.77. The van der Waals surface area contributed by atoms with Crippen LogP contribution >= 0.6 is 0 Å². The van der Waals surface area contributed by atoms with Gasteiger partial charge < -0.3 is 19.3 Å². The van der Waals surface area contributed by atoms with Crippen LogP contribution in [0.5, 0.6) is 11.5 Å². The van der Waals surface area contributed by atoms with Gasteiger partial charge in [0.15, 0.2) is 0 Å². The molecule has 0 atom stereocenters. The van der Waals surface area contributed by atoms with Gasteiger partial charge in [0, 0.05) is 24.5 Å². The van der Waals surface area contributed by atoms with Crippen molar-refractivity contribution in [1.29, 1.82) is 0 Å². The van der Waals surface area contributed by atoms with Crippen LogP contribution in [0.1, 0.15) is 153 Å². The molecule has 0 aromatic heterocycles. The standard InChI is InChI=1S/C39H62N2O2/c1-3-5-7-9-11-13-15-17-19-21-27-42-36-23-25-38-34(29-36)31-40-33-41(38)32-35-30-37(24-26-39(35)40)43-28-22-20-18-16-14-12-10-8-6-4-2/h23-26,29-30H,3-22,27-28,31-33H2,1-2H3. The van der Waals surface area contributed by atoms with E-state index in [0.29, 0.717) is 0 Å². The lowest BCUT2D eigenvalue weighted by atomic mass is 10.0. The number of anilines is 2. The van der Waals surface area contributed by atoms with Gasteiger partial charge >= 0.3 is 0 Å². The van der Waals surface area contributed by atoms with Crippen LogP contribution in [0.4, 0.5) is 11.4 Å². The Morgan fingerprint density at radius 3 is 1.19 bits per heavy atom. The molecule has 0 N–H and O–H groups in total. The van der Waals surface area contributed by atoms with Gasteiger partial charge in [-0.05, 0) is 60.4 Å². The molecule has 0 unspecified atom stereocenters. The number of hydrogen-bond donors (Lipinski definition) is 0. The maximum atomic E-state index is 6.19. The Kier molecular flexibility index (Phi) is 15.5. The second-order valence-electron chi connectivity index (χ2n) is 13.2. The van der Waals surface area contributed by atoms with Crippen LogP contribution in [0.25, 0.3) is 0 Å². The third kappa shape index (κ3) is 11.6. The predicted molar refractivity (Wildman–Crippen MR) is 185 cm³/mol. The average molecular weight is 591 g/mol. The van der Waals surface area contributed by atoms with Crippen molar-refractivity contribution >= 4 is 11.4 Å². The Balaban J connectivity index is 1.12. The van der Waals surface area contributed by atoms with Crippen molar-refractivity contribution in [3.63, 3.8) is 0 Å². The van der Waals surface area contributed by atoms with E-state index in [1.807, 2.05) is 0 Å². The molecule has 43 heavy (non-hydrogen) atoms. The lowest BCUT2D eigenvalue weighted by molar-refractivity contribution is 0.303. The van der Waals surface area contributed by atoms with E-state index < -0.39 is 0 Å². The molecular formula is C39H62N2O2. The highest BCUT2D eigenvalue weighted by molar-refractivity contribution is 5.69. The summed E-state index contributed by atoms with van der Waals surface area (Å²) in [6, 6.07) is 13.5. The normalized spacial score (nSPS) is 13.6. The maximum absolute atomic E-state index is 6.19. The van der Waals surface area contributed by atoms with E-state index in [1.165, 1.54) is 138 Å². The summed E-state index contributed by atoms with van der Waals surface area (Å²) < 4.78 is 12.4. The van der Waals surface area contributed by atoms with E-state index in [1.54, 1.807) is 0 Å². The van der Waals surface area contributed by atoms with Gasteiger partial charge in [-0.15, -0.1) is 0 Å². The van der Waals surface area contributed by atoms with Crippen molar-refractivity contribution in [2.24, 2.45) is 0 Å². The molecule has 0 radical (unpaired) electrons. The summed E-state index contributed by atoms with van der Waals surface area (Å²) in [5.74, 6) is 2.04. The zero-order chi connectivity index (χ0) is 30.0. The van der Waals surface area contributed by atoms with Gasteiger partial charge in [-0.1, -0.05) is 129 Å². The van der Waals surface area contributed by atoms with E-state index >= 15 is 0 Å². The van der Waals surface area contributed by atoms with E-state index in [4.69, 9.17) is 9.47 Å². The molecule has 2 bridgehead atoms. The van der Waals surface area contributed by atoms with E-state index in [9.17, 15) is 0 Å². The lowest BCUT2D eigenvalue weighted by Gasteiger charge is -2.44. The van der Waals surface area contributed by atoms with Crippen molar-refractivity contribution in [3.8, 4) is 11.5 Å². The third-order valence-electron chi connectivity index (χ3n) is 9.38. The van der Waals surface area contributed by atoms with E-state index in [2.05, 4.69) is 60.0 Å². The topological polar surface area (TPSA) is 24.9 Å². The monoisotopic (exact) mass is 590 g/mol. The molecule has 0 saturated carbocycles. The number of hydrogen-bond acceptors (Lipinski definition) is 4. The molecule has 0 spiro atoms. The molecule has 4 nitrogen and oxygen atoms in total. The molecule has 240 valence electrons. The molecule has 0 fully saturated rings. The summed E-state index contributed by atoms with van der Waals surface area (Å²) in [5, 5.41) is 0. The summed E-state index contributed by atoms with van der Waals surface area (Å²) in [6.45, 7) is 9.06. The van der Waals surface area contributed by atoms with E-state index in [0.717, 1.165) is 57.3 Å². The fraction of sp³-hybridized carbons (Fsp3) is 0.692. The van der Waals surface area contributed by atoms with Gasteiger partial charge in [0.1, 0.15) is 11.5 Å². The number of ether oxygens (including phenoxy) is 2. The van der Waals surface area contributed by atoms with Gasteiger partial charge in [-0.3, -0.25) is 0 Å².